The molecule has 2 aliphatic carbocycles. The molecule has 0 amide bonds. The molecule has 2 aromatic rings. The second-order valence-corrected chi connectivity index (χ2v) is 8.20. The lowest BCUT2D eigenvalue weighted by atomic mass is 9.85. The van der Waals surface area contributed by atoms with Crippen LogP contribution < -0.4 is 0 Å². The molecule has 0 aliphatic heterocycles. The predicted molar refractivity (Wildman–Crippen MR) is 98.9 cm³/mol. The first kappa shape index (κ1) is 14.0. The number of hydrogen-bond acceptors (Lipinski definition) is 1. The quantitative estimate of drug-likeness (QED) is 0.566. The summed E-state index contributed by atoms with van der Waals surface area (Å²) in [7, 11) is 0. The third-order valence-corrected chi connectivity index (χ3v) is 6.44. The molecule has 0 bridgehead atoms. The Kier molecular flexibility index (Phi) is 3.16. The Labute approximate surface area is 136 Å². The van der Waals surface area contributed by atoms with E-state index in [0.29, 0.717) is 5.92 Å². The smallest absolute Gasteiger partial charge is 0.0390 e. The second-order valence-electron chi connectivity index (χ2n) is 7.15. The summed E-state index contributed by atoms with van der Waals surface area (Å²) in [5.74, 6) is 0.632. The molecule has 1 atom stereocenters. The van der Waals surface area contributed by atoms with Crippen LogP contribution in [0.4, 0.5) is 0 Å². The summed E-state index contributed by atoms with van der Waals surface area (Å²) < 4.78 is 1.53. The first-order chi connectivity index (χ1) is 10.6. The van der Waals surface area contributed by atoms with Gasteiger partial charge in [0.2, 0.25) is 0 Å². The normalized spacial score (nSPS) is 21.6. The first-order valence-electron chi connectivity index (χ1n) is 8.14. The van der Waals surface area contributed by atoms with E-state index < -0.39 is 0 Å². The van der Waals surface area contributed by atoms with Crippen LogP contribution in [0, 0.1) is 0 Å². The molecule has 1 heterocycles. The van der Waals surface area contributed by atoms with Crippen molar-refractivity contribution in [2.75, 3.05) is 0 Å². The van der Waals surface area contributed by atoms with E-state index in [2.05, 4.69) is 62.9 Å². The van der Waals surface area contributed by atoms with Gasteiger partial charge in [-0.25, -0.2) is 0 Å². The van der Waals surface area contributed by atoms with Gasteiger partial charge in [0.25, 0.3) is 0 Å². The Balaban J connectivity index is 2.00. The molecule has 0 nitrogen and oxygen atoms in total. The molecule has 112 valence electrons. The zero-order valence-corrected chi connectivity index (χ0v) is 14.2. The number of allylic oxidation sites excluding steroid dienone is 4. The molecule has 1 heteroatoms. The van der Waals surface area contributed by atoms with Crippen LogP contribution in [-0.2, 0) is 11.8 Å². The zero-order valence-electron chi connectivity index (χ0n) is 13.4. The van der Waals surface area contributed by atoms with Crippen LogP contribution in [0.15, 0.2) is 43.0 Å². The van der Waals surface area contributed by atoms with Crippen LogP contribution in [0.5, 0.6) is 0 Å². The van der Waals surface area contributed by atoms with E-state index in [1.165, 1.54) is 26.9 Å². The summed E-state index contributed by atoms with van der Waals surface area (Å²) in [6.07, 6.45) is 14.4. The van der Waals surface area contributed by atoms with Gasteiger partial charge in [-0.15, -0.1) is 17.9 Å². The topological polar surface area (TPSA) is 0 Å². The van der Waals surface area contributed by atoms with Gasteiger partial charge >= 0.3 is 0 Å². The average Bonchev–Trinajstić information content (AvgIpc) is 2.83. The summed E-state index contributed by atoms with van der Waals surface area (Å²) in [5.41, 5.74) is 4.96. The van der Waals surface area contributed by atoms with Crippen molar-refractivity contribution >= 4 is 27.5 Å². The highest BCUT2D eigenvalue weighted by atomic mass is 32.1. The molecule has 0 fully saturated rings. The molecule has 22 heavy (non-hydrogen) atoms. The molecule has 0 spiro atoms. The van der Waals surface area contributed by atoms with Crippen LogP contribution >= 0.6 is 11.3 Å². The molecule has 0 saturated heterocycles. The lowest BCUT2D eigenvalue weighted by Gasteiger charge is -2.19. The molecule has 1 unspecified atom stereocenters. The monoisotopic (exact) mass is 306 g/mol. The summed E-state index contributed by atoms with van der Waals surface area (Å²) in [5, 5.41) is 1.47. The Morgan fingerprint density at radius 1 is 1.32 bits per heavy atom. The highest BCUT2D eigenvalue weighted by Crippen LogP contribution is 2.52. The van der Waals surface area contributed by atoms with E-state index >= 15 is 0 Å². The second kappa shape index (κ2) is 4.96. The molecule has 4 rings (SSSR count). The average molecular weight is 306 g/mol. The zero-order chi connectivity index (χ0) is 15.3. The van der Waals surface area contributed by atoms with Crippen LogP contribution in [0.2, 0.25) is 0 Å². The predicted octanol–water partition coefficient (Wildman–Crippen LogP) is 6.37. The summed E-state index contributed by atoms with van der Waals surface area (Å²) in [6, 6.07) is 4.76. The van der Waals surface area contributed by atoms with Crippen LogP contribution in [0.3, 0.4) is 0 Å². The van der Waals surface area contributed by atoms with Crippen molar-refractivity contribution in [3.05, 3.63) is 64.6 Å². The lowest BCUT2D eigenvalue weighted by molar-refractivity contribution is 0.477. The minimum absolute atomic E-state index is 0.286. The van der Waals surface area contributed by atoms with Crippen molar-refractivity contribution < 1.29 is 0 Å². The van der Waals surface area contributed by atoms with Crippen molar-refractivity contribution in [3.63, 3.8) is 0 Å². The molecule has 0 radical (unpaired) electrons. The fourth-order valence-electron chi connectivity index (χ4n) is 4.23. The number of hydrogen-bond donors (Lipinski definition) is 0. The Morgan fingerprint density at radius 3 is 3.00 bits per heavy atom. The summed E-state index contributed by atoms with van der Waals surface area (Å²) in [4.78, 5) is 1.44. The van der Waals surface area contributed by atoms with Gasteiger partial charge in [0.05, 0.1) is 0 Å². The largest absolute Gasteiger partial charge is 0.135 e. The third-order valence-electron chi connectivity index (χ3n) is 5.19. The summed E-state index contributed by atoms with van der Waals surface area (Å²) in [6.45, 7) is 8.77. The highest BCUT2D eigenvalue weighted by Gasteiger charge is 2.38. The van der Waals surface area contributed by atoms with E-state index in [9.17, 15) is 0 Å². The van der Waals surface area contributed by atoms with Gasteiger partial charge in [0.1, 0.15) is 0 Å². The van der Waals surface area contributed by atoms with Crippen LogP contribution in [0.25, 0.3) is 16.2 Å². The van der Waals surface area contributed by atoms with Crippen molar-refractivity contribution in [1.82, 2.24) is 0 Å². The lowest BCUT2D eigenvalue weighted by Crippen LogP contribution is -2.12. The highest BCUT2D eigenvalue weighted by molar-refractivity contribution is 7.20. The van der Waals surface area contributed by atoms with Crippen LogP contribution in [-0.4, -0.2) is 0 Å². The number of benzene rings is 1. The Morgan fingerprint density at radius 2 is 2.18 bits per heavy atom. The molecular weight excluding hydrogens is 284 g/mol. The van der Waals surface area contributed by atoms with Gasteiger partial charge in [-0.3, -0.25) is 0 Å². The molecule has 2 aliphatic rings. The first-order valence-corrected chi connectivity index (χ1v) is 8.96. The molecule has 1 aromatic carbocycles. The molecule has 1 aromatic heterocycles. The maximum atomic E-state index is 3.99. The van der Waals surface area contributed by atoms with Gasteiger partial charge in [0.15, 0.2) is 0 Å². The fraction of sp³-hybridized carbons (Fsp3) is 0.333. The maximum absolute atomic E-state index is 3.99. The summed E-state index contributed by atoms with van der Waals surface area (Å²) >= 11 is 1.99. The minimum atomic E-state index is 0.286. The standard InChI is InChI=1S/C21H22S/c1-4-8-14-13-21(2,3)17-12-11-16-15-9-6-5-7-10-18(15)22-20(16)19(14)17/h4-7,10-12,14H,1,8-9,13H2,2-3H3. The fourth-order valence-corrected chi connectivity index (χ4v) is 5.60. The van der Waals surface area contributed by atoms with Gasteiger partial charge in [-0.1, -0.05) is 50.3 Å². The van der Waals surface area contributed by atoms with Gasteiger partial charge in [0, 0.05) is 9.58 Å². The van der Waals surface area contributed by atoms with Crippen molar-refractivity contribution in [1.29, 1.82) is 0 Å². The Bertz CT molecular complexity index is 814. The molecule has 0 N–H and O–H groups in total. The van der Waals surface area contributed by atoms with Crippen molar-refractivity contribution in [2.24, 2.45) is 0 Å². The minimum Gasteiger partial charge on any atom is -0.135 e. The molecule has 0 saturated carbocycles. The number of thiophene rings is 1. The Hall–Kier alpha value is -1.60. The number of rotatable bonds is 2. The van der Waals surface area contributed by atoms with Crippen LogP contribution in [0.1, 0.15) is 54.2 Å². The third kappa shape index (κ3) is 1.95. The number of fused-ring (bicyclic) bond motifs is 5. The van der Waals surface area contributed by atoms with Gasteiger partial charge in [-0.05, 0) is 58.7 Å². The van der Waals surface area contributed by atoms with E-state index in [4.69, 9.17) is 0 Å². The van der Waals surface area contributed by atoms with Crippen molar-refractivity contribution in [3.8, 4) is 0 Å². The van der Waals surface area contributed by atoms with E-state index in [0.717, 1.165) is 12.8 Å². The maximum Gasteiger partial charge on any atom is 0.0390 e. The SMILES string of the molecule is C=CCC1CC(C)(C)c2ccc3c4c(sc3c21)C=CC=CC4. The van der Waals surface area contributed by atoms with Crippen molar-refractivity contribution in [2.45, 2.75) is 44.4 Å². The molecular formula is C21H22S. The van der Waals surface area contributed by atoms with Gasteiger partial charge in [-0.2, -0.15) is 0 Å². The van der Waals surface area contributed by atoms with Gasteiger partial charge < -0.3 is 0 Å². The van der Waals surface area contributed by atoms with E-state index in [1.54, 1.807) is 11.1 Å². The van der Waals surface area contributed by atoms with E-state index in [-0.39, 0.29) is 5.41 Å². The van der Waals surface area contributed by atoms with E-state index in [1.807, 2.05) is 11.3 Å².